The molecule has 0 atom stereocenters. The van der Waals surface area contributed by atoms with Gasteiger partial charge in [-0.25, -0.2) is 0 Å². The van der Waals surface area contributed by atoms with Crippen molar-refractivity contribution in [3.05, 3.63) is 6.92 Å². The fraction of sp³-hybridized carbons (Fsp3) is 0.909. The van der Waals surface area contributed by atoms with E-state index in [-0.39, 0.29) is 0 Å². The average Bonchev–Trinajstić information content (AvgIpc) is 2.02. The molecule has 12 heavy (non-hydrogen) atoms. The minimum Gasteiger partial charge on any atom is -0.381 e. The van der Waals surface area contributed by atoms with E-state index >= 15 is 0 Å². The molecule has 0 aliphatic rings. The third kappa shape index (κ3) is 9.96. The predicted octanol–water partition coefficient (Wildman–Crippen LogP) is 3.44. The van der Waals surface area contributed by atoms with Crippen molar-refractivity contribution >= 4 is 0 Å². The van der Waals surface area contributed by atoms with Crippen molar-refractivity contribution in [2.45, 2.75) is 46.0 Å². The molecule has 0 aliphatic heterocycles. The van der Waals surface area contributed by atoms with Crippen LogP contribution in [-0.2, 0) is 4.74 Å². The Morgan fingerprint density at radius 3 is 2.42 bits per heavy atom. The van der Waals surface area contributed by atoms with Crippen molar-refractivity contribution in [3.8, 4) is 0 Å². The minimum atomic E-state index is 0.768. The number of unbranched alkanes of at least 4 members (excludes halogenated alkanes) is 3. The number of hydrogen-bond acceptors (Lipinski definition) is 1. The van der Waals surface area contributed by atoms with Gasteiger partial charge < -0.3 is 4.74 Å². The van der Waals surface area contributed by atoms with Crippen LogP contribution in [0.15, 0.2) is 0 Å². The lowest BCUT2D eigenvalue weighted by atomic mass is 10.1. The second-order valence-corrected chi connectivity index (χ2v) is 3.71. The van der Waals surface area contributed by atoms with Gasteiger partial charge in [-0.15, -0.1) is 0 Å². The van der Waals surface area contributed by atoms with Crippen molar-refractivity contribution in [3.63, 3.8) is 0 Å². The molecule has 1 heteroatoms. The molecule has 0 unspecified atom stereocenters. The van der Waals surface area contributed by atoms with Crippen LogP contribution in [0, 0.1) is 12.8 Å². The van der Waals surface area contributed by atoms with E-state index in [4.69, 9.17) is 4.74 Å². The Morgan fingerprint density at radius 2 is 1.83 bits per heavy atom. The molecule has 0 spiro atoms. The molecular formula is C11H23O. The minimum absolute atomic E-state index is 0.768. The molecule has 73 valence electrons. The highest BCUT2D eigenvalue weighted by Gasteiger charge is 1.93. The van der Waals surface area contributed by atoms with Gasteiger partial charge in [-0.2, -0.15) is 0 Å². The summed E-state index contributed by atoms with van der Waals surface area (Å²) >= 11 is 0. The summed E-state index contributed by atoms with van der Waals surface area (Å²) in [6, 6.07) is 0. The highest BCUT2D eigenvalue weighted by atomic mass is 16.5. The molecule has 0 aromatic rings. The van der Waals surface area contributed by atoms with Gasteiger partial charge in [0.2, 0.25) is 0 Å². The predicted molar refractivity (Wildman–Crippen MR) is 54.1 cm³/mol. The van der Waals surface area contributed by atoms with Crippen LogP contribution >= 0.6 is 0 Å². The van der Waals surface area contributed by atoms with Crippen molar-refractivity contribution < 1.29 is 4.74 Å². The summed E-state index contributed by atoms with van der Waals surface area (Å²) in [5.74, 6) is 0.768. The van der Waals surface area contributed by atoms with Gasteiger partial charge in [0.05, 0.1) is 0 Å². The second kappa shape index (κ2) is 9.05. The molecule has 0 heterocycles. The molecular weight excluding hydrogens is 148 g/mol. The maximum atomic E-state index is 5.47. The molecule has 0 rings (SSSR count). The van der Waals surface area contributed by atoms with Gasteiger partial charge in [0.1, 0.15) is 0 Å². The van der Waals surface area contributed by atoms with Gasteiger partial charge in [-0.3, -0.25) is 0 Å². The van der Waals surface area contributed by atoms with E-state index < -0.39 is 0 Å². The van der Waals surface area contributed by atoms with Crippen LogP contribution in [0.3, 0.4) is 0 Å². The Hall–Kier alpha value is -0.0400. The summed E-state index contributed by atoms with van der Waals surface area (Å²) in [6.45, 7) is 10.1. The summed E-state index contributed by atoms with van der Waals surface area (Å²) in [5, 5.41) is 0. The van der Waals surface area contributed by atoms with E-state index in [1.54, 1.807) is 0 Å². The molecule has 0 saturated carbocycles. The standard InChI is InChI=1S/C11H23O/c1-4-5-6-7-9-12-10-8-11(2)3/h11H,1,4-10H2,2-3H3. The Labute approximate surface area is 77.5 Å². The summed E-state index contributed by atoms with van der Waals surface area (Å²) in [4.78, 5) is 0. The lowest BCUT2D eigenvalue weighted by molar-refractivity contribution is 0.120. The SMILES string of the molecule is [CH2]CCCCCOCCC(C)C. The zero-order chi connectivity index (χ0) is 9.23. The molecule has 1 nitrogen and oxygen atoms in total. The molecule has 0 N–H and O–H groups in total. The molecule has 0 amide bonds. The van der Waals surface area contributed by atoms with Crippen molar-refractivity contribution in [2.24, 2.45) is 5.92 Å². The summed E-state index contributed by atoms with van der Waals surface area (Å²) < 4.78 is 5.47. The highest BCUT2D eigenvalue weighted by molar-refractivity contribution is 4.45. The summed E-state index contributed by atoms with van der Waals surface area (Å²) in [6.07, 6.45) is 5.97. The van der Waals surface area contributed by atoms with E-state index in [0.29, 0.717) is 0 Å². The van der Waals surface area contributed by atoms with Crippen molar-refractivity contribution in [1.29, 1.82) is 0 Å². The Morgan fingerprint density at radius 1 is 1.08 bits per heavy atom. The second-order valence-electron chi connectivity index (χ2n) is 3.71. The Balaban J connectivity index is 2.82. The molecule has 0 saturated heterocycles. The normalized spacial score (nSPS) is 11.0. The van der Waals surface area contributed by atoms with Crippen LogP contribution < -0.4 is 0 Å². The first kappa shape index (κ1) is 12.0. The maximum absolute atomic E-state index is 5.47. The van der Waals surface area contributed by atoms with Crippen LogP contribution in [0.25, 0.3) is 0 Å². The number of ether oxygens (including phenoxy) is 1. The van der Waals surface area contributed by atoms with Crippen molar-refractivity contribution in [2.75, 3.05) is 13.2 Å². The van der Waals surface area contributed by atoms with Gasteiger partial charge in [0, 0.05) is 13.2 Å². The first-order valence-electron chi connectivity index (χ1n) is 5.14. The first-order chi connectivity index (χ1) is 5.77. The van der Waals surface area contributed by atoms with Crippen molar-refractivity contribution in [1.82, 2.24) is 0 Å². The third-order valence-corrected chi connectivity index (χ3v) is 1.88. The number of rotatable bonds is 8. The molecule has 0 aliphatic carbocycles. The molecule has 1 radical (unpaired) electrons. The zero-order valence-corrected chi connectivity index (χ0v) is 8.64. The van der Waals surface area contributed by atoms with E-state index in [1.165, 1.54) is 25.7 Å². The topological polar surface area (TPSA) is 9.23 Å². The number of hydrogen-bond donors (Lipinski definition) is 0. The van der Waals surface area contributed by atoms with Crippen LogP contribution in [0.2, 0.25) is 0 Å². The van der Waals surface area contributed by atoms with Crippen LogP contribution in [0.4, 0.5) is 0 Å². The van der Waals surface area contributed by atoms with E-state index in [1.807, 2.05) is 0 Å². The maximum Gasteiger partial charge on any atom is 0.0468 e. The van der Waals surface area contributed by atoms with Gasteiger partial charge >= 0.3 is 0 Å². The Bertz CT molecular complexity index is 79.1. The highest BCUT2D eigenvalue weighted by Crippen LogP contribution is 2.01. The molecule has 0 fully saturated rings. The van der Waals surface area contributed by atoms with Gasteiger partial charge in [0.25, 0.3) is 0 Å². The van der Waals surface area contributed by atoms with Crippen LogP contribution in [0.5, 0.6) is 0 Å². The average molecular weight is 171 g/mol. The van der Waals surface area contributed by atoms with Crippen LogP contribution in [0.1, 0.15) is 46.0 Å². The van der Waals surface area contributed by atoms with E-state index in [9.17, 15) is 0 Å². The molecule has 0 bridgehead atoms. The molecule has 0 aromatic carbocycles. The van der Waals surface area contributed by atoms with E-state index in [2.05, 4.69) is 20.8 Å². The monoisotopic (exact) mass is 171 g/mol. The van der Waals surface area contributed by atoms with Gasteiger partial charge in [0.15, 0.2) is 0 Å². The lowest BCUT2D eigenvalue weighted by Gasteiger charge is -2.05. The fourth-order valence-corrected chi connectivity index (χ4v) is 0.979. The zero-order valence-electron chi connectivity index (χ0n) is 8.64. The van der Waals surface area contributed by atoms with Crippen LogP contribution in [-0.4, -0.2) is 13.2 Å². The van der Waals surface area contributed by atoms with Gasteiger partial charge in [-0.1, -0.05) is 40.0 Å². The quantitative estimate of drug-likeness (QED) is 0.508. The Kier molecular flexibility index (Phi) is 9.02. The summed E-state index contributed by atoms with van der Waals surface area (Å²) in [5.41, 5.74) is 0. The smallest absolute Gasteiger partial charge is 0.0468 e. The molecule has 0 aromatic heterocycles. The largest absolute Gasteiger partial charge is 0.381 e. The van der Waals surface area contributed by atoms with Gasteiger partial charge in [-0.05, 0) is 18.8 Å². The lowest BCUT2D eigenvalue weighted by Crippen LogP contribution is -2.00. The fourth-order valence-electron chi connectivity index (χ4n) is 0.979. The first-order valence-corrected chi connectivity index (χ1v) is 5.14. The third-order valence-electron chi connectivity index (χ3n) is 1.88. The van der Waals surface area contributed by atoms with E-state index in [0.717, 1.165) is 25.6 Å². The summed E-state index contributed by atoms with van der Waals surface area (Å²) in [7, 11) is 0.